The summed E-state index contributed by atoms with van der Waals surface area (Å²) in [6.07, 6.45) is 3.61. The number of carbonyl (C=O) groups excluding carboxylic acids is 1. The van der Waals surface area contributed by atoms with Crippen molar-refractivity contribution < 1.29 is 4.79 Å². The van der Waals surface area contributed by atoms with Gasteiger partial charge in [0.05, 0.1) is 11.2 Å². The predicted molar refractivity (Wildman–Crippen MR) is 104 cm³/mol. The van der Waals surface area contributed by atoms with Crippen molar-refractivity contribution in [2.75, 3.05) is 18.4 Å². The molecular formula is C20H23N5O. The van der Waals surface area contributed by atoms with Crippen LogP contribution in [0.3, 0.4) is 0 Å². The van der Waals surface area contributed by atoms with E-state index in [4.69, 9.17) is 0 Å². The standard InChI is InChI=1S/C20H23N5O/c1-3-13-25(14-4-2)20(26)17-10-11-18(24-23-17)22-16-9-5-7-15-8-6-12-21-19(15)16/h5-12H,3-4,13-14H2,1-2H3,(H,22,24). The summed E-state index contributed by atoms with van der Waals surface area (Å²) < 4.78 is 0. The van der Waals surface area contributed by atoms with Crippen molar-refractivity contribution in [3.05, 3.63) is 54.4 Å². The van der Waals surface area contributed by atoms with Gasteiger partial charge in [0.2, 0.25) is 0 Å². The van der Waals surface area contributed by atoms with Crippen LogP contribution in [0.1, 0.15) is 37.2 Å². The first-order valence-corrected chi connectivity index (χ1v) is 8.96. The van der Waals surface area contributed by atoms with Gasteiger partial charge in [-0.05, 0) is 37.1 Å². The average Bonchev–Trinajstić information content (AvgIpc) is 2.68. The number of aromatic nitrogens is 3. The minimum absolute atomic E-state index is 0.0698. The van der Waals surface area contributed by atoms with Crippen molar-refractivity contribution in [3.63, 3.8) is 0 Å². The van der Waals surface area contributed by atoms with E-state index in [1.807, 2.05) is 35.2 Å². The molecule has 1 aromatic carbocycles. The second-order valence-electron chi connectivity index (χ2n) is 6.10. The van der Waals surface area contributed by atoms with Crippen LogP contribution in [0.5, 0.6) is 0 Å². The lowest BCUT2D eigenvalue weighted by molar-refractivity contribution is 0.0748. The van der Waals surface area contributed by atoms with Crippen molar-refractivity contribution in [1.29, 1.82) is 0 Å². The Morgan fingerprint density at radius 2 is 1.77 bits per heavy atom. The lowest BCUT2D eigenvalue weighted by Crippen LogP contribution is -2.33. The van der Waals surface area contributed by atoms with E-state index in [-0.39, 0.29) is 5.91 Å². The van der Waals surface area contributed by atoms with Gasteiger partial charge in [0.25, 0.3) is 5.91 Å². The SMILES string of the molecule is CCCN(CCC)C(=O)c1ccc(Nc2cccc3cccnc23)nn1. The van der Waals surface area contributed by atoms with Crippen LogP contribution >= 0.6 is 0 Å². The normalized spacial score (nSPS) is 10.7. The number of nitrogens with one attached hydrogen (secondary N) is 1. The summed E-state index contributed by atoms with van der Waals surface area (Å²) in [6, 6.07) is 13.3. The molecule has 3 rings (SSSR count). The Bertz CT molecular complexity index is 868. The third-order valence-corrected chi connectivity index (χ3v) is 4.05. The van der Waals surface area contributed by atoms with Gasteiger partial charge in [-0.2, -0.15) is 0 Å². The van der Waals surface area contributed by atoms with Gasteiger partial charge in [0.1, 0.15) is 0 Å². The number of fused-ring (bicyclic) bond motifs is 1. The van der Waals surface area contributed by atoms with E-state index in [2.05, 4.69) is 34.3 Å². The molecule has 0 saturated heterocycles. The summed E-state index contributed by atoms with van der Waals surface area (Å²) in [5.41, 5.74) is 2.09. The van der Waals surface area contributed by atoms with Crippen molar-refractivity contribution in [3.8, 4) is 0 Å². The fraction of sp³-hybridized carbons (Fsp3) is 0.300. The highest BCUT2D eigenvalue weighted by Crippen LogP contribution is 2.23. The molecule has 0 aliphatic rings. The Kier molecular flexibility index (Phi) is 5.73. The molecule has 26 heavy (non-hydrogen) atoms. The highest BCUT2D eigenvalue weighted by atomic mass is 16.2. The Balaban J connectivity index is 1.78. The van der Waals surface area contributed by atoms with Crippen molar-refractivity contribution >= 4 is 28.3 Å². The molecule has 1 N–H and O–H groups in total. The molecule has 2 heterocycles. The molecule has 0 bridgehead atoms. The summed E-state index contributed by atoms with van der Waals surface area (Å²) in [5, 5.41) is 12.6. The van der Waals surface area contributed by atoms with E-state index in [1.165, 1.54) is 0 Å². The quantitative estimate of drug-likeness (QED) is 0.697. The first-order chi connectivity index (χ1) is 12.7. The fourth-order valence-corrected chi connectivity index (χ4v) is 2.87. The molecular weight excluding hydrogens is 326 g/mol. The molecule has 0 spiro atoms. The number of para-hydroxylation sites is 1. The van der Waals surface area contributed by atoms with Crippen molar-refractivity contribution in [2.45, 2.75) is 26.7 Å². The molecule has 0 radical (unpaired) electrons. The van der Waals surface area contributed by atoms with Crippen LogP contribution in [0.4, 0.5) is 11.5 Å². The molecule has 0 atom stereocenters. The minimum Gasteiger partial charge on any atom is -0.337 e. The van der Waals surface area contributed by atoms with Gasteiger partial charge < -0.3 is 10.2 Å². The van der Waals surface area contributed by atoms with E-state index in [1.54, 1.807) is 18.3 Å². The van der Waals surface area contributed by atoms with Gasteiger partial charge >= 0.3 is 0 Å². The number of amides is 1. The molecule has 1 amide bonds. The topological polar surface area (TPSA) is 71.0 Å². The van der Waals surface area contributed by atoms with E-state index in [0.717, 1.165) is 42.5 Å². The number of hydrogen-bond acceptors (Lipinski definition) is 5. The van der Waals surface area contributed by atoms with E-state index in [0.29, 0.717) is 11.5 Å². The monoisotopic (exact) mass is 349 g/mol. The molecule has 3 aromatic rings. The van der Waals surface area contributed by atoms with Crippen LogP contribution in [0.15, 0.2) is 48.7 Å². The zero-order valence-electron chi connectivity index (χ0n) is 15.1. The Morgan fingerprint density at radius 1 is 1.00 bits per heavy atom. The molecule has 0 fully saturated rings. The van der Waals surface area contributed by atoms with Crippen LogP contribution in [0.2, 0.25) is 0 Å². The van der Waals surface area contributed by atoms with Crippen molar-refractivity contribution in [2.24, 2.45) is 0 Å². The van der Waals surface area contributed by atoms with Crippen molar-refractivity contribution in [1.82, 2.24) is 20.1 Å². The fourth-order valence-electron chi connectivity index (χ4n) is 2.87. The highest BCUT2D eigenvalue weighted by Gasteiger charge is 2.16. The van der Waals surface area contributed by atoms with Gasteiger partial charge in [-0.25, -0.2) is 0 Å². The zero-order chi connectivity index (χ0) is 18.4. The Hall–Kier alpha value is -3.02. The summed E-state index contributed by atoms with van der Waals surface area (Å²) >= 11 is 0. The second-order valence-corrected chi connectivity index (χ2v) is 6.10. The third-order valence-electron chi connectivity index (χ3n) is 4.05. The summed E-state index contributed by atoms with van der Waals surface area (Å²) in [7, 11) is 0. The maximum absolute atomic E-state index is 12.6. The highest BCUT2D eigenvalue weighted by molar-refractivity contribution is 5.93. The summed E-state index contributed by atoms with van der Waals surface area (Å²) in [6.45, 7) is 5.59. The lowest BCUT2D eigenvalue weighted by Gasteiger charge is -2.20. The maximum Gasteiger partial charge on any atom is 0.274 e. The number of anilines is 2. The second kappa shape index (κ2) is 8.38. The number of carbonyl (C=O) groups is 1. The largest absolute Gasteiger partial charge is 0.337 e. The zero-order valence-corrected chi connectivity index (χ0v) is 15.1. The molecule has 6 heteroatoms. The van der Waals surface area contributed by atoms with E-state index >= 15 is 0 Å². The lowest BCUT2D eigenvalue weighted by atomic mass is 10.2. The molecule has 134 valence electrons. The third kappa shape index (κ3) is 3.96. The Labute approximate surface area is 153 Å². The van der Waals surface area contributed by atoms with Gasteiger partial charge in [-0.15, -0.1) is 10.2 Å². The van der Waals surface area contributed by atoms with Gasteiger partial charge in [0.15, 0.2) is 11.5 Å². The first kappa shape index (κ1) is 17.8. The van der Waals surface area contributed by atoms with Crippen LogP contribution in [-0.4, -0.2) is 39.1 Å². The van der Waals surface area contributed by atoms with Crippen LogP contribution in [-0.2, 0) is 0 Å². The smallest absolute Gasteiger partial charge is 0.274 e. The Morgan fingerprint density at radius 3 is 2.46 bits per heavy atom. The number of rotatable bonds is 7. The molecule has 0 unspecified atom stereocenters. The minimum atomic E-state index is -0.0698. The molecule has 0 aliphatic carbocycles. The molecule has 6 nitrogen and oxygen atoms in total. The molecule has 0 aliphatic heterocycles. The summed E-state index contributed by atoms with van der Waals surface area (Å²) in [5.74, 6) is 0.511. The summed E-state index contributed by atoms with van der Waals surface area (Å²) in [4.78, 5) is 18.8. The van der Waals surface area contributed by atoms with Crippen LogP contribution in [0.25, 0.3) is 10.9 Å². The number of hydrogen-bond donors (Lipinski definition) is 1. The van der Waals surface area contributed by atoms with Gasteiger partial charge in [-0.3, -0.25) is 9.78 Å². The number of benzene rings is 1. The molecule has 0 saturated carbocycles. The predicted octanol–water partition coefficient (Wildman–Crippen LogP) is 4.03. The average molecular weight is 349 g/mol. The number of pyridine rings is 1. The van der Waals surface area contributed by atoms with Gasteiger partial charge in [0, 0.05) is 24.7 Å². The maximum atomic E-state index is 12.6. The number of nitrogens with zero attached hydrogens (tertiary/aromatic N) is 4. The first-order valence-electron chi connectivity index (χ1n) is 8.96. The van der Waals surface area contributed by atoms with E-state index < -0.39 is 0 Å². The molecule has 2 aromatic heterocycles. The van der Waals surface area contributed by atoms with Crippen LogP contribution < -0.4 is 5.32 Å². The van der Waals surface area contributed by atoms with Crippen LogP contribution in [0, 0.1) is 0 Å². The van der Waals surface area contributed by atoms with E-state index in [9.17, 15) is 4.79 Å². The van der Waals surface area contributed by atoms with Gasteiger partial charge in [-0.1, -0.05) is 32.0 Å².